The number of hydrazine groups is 1. The number of benzene rings is 11. The van der Waals surface area contributed by atoms with Crippen molar-refractivity contribution in [2.45, 2.75) is 85.5 Å². The minimum Gasteiger partial charge on any atom is -0.310 e. The van der Waals surface area contributed by atoms with Crippen molar-refractivity contribution in [1.29, 1.82) is 0 Å². The summed E-state index contributed by atoms with van der Waals surface area (Å²) in [5, 5.41) is 2.74. The standard InChI is InChI=1S/C79H67B2N3/c1-48-24-21-25-49(2)72(48)54-38-40-66-64(42-54)79(62-36-19-17-32-60(62)61-33-18-20-37-63(61)79)65-43-55(73-50(3)26-22-27-51(73)4)44-70-74(65)80(66)84-81-67-41-39-56(77(5,6)7)45-68(67)82(69-46-57(78(8,9)10)47-71(75(69)81)83(70)84)76-58(52-28-13-11-14-29-52)34-23-35-59(76)53-30-15-12-16-31-53/h11-47H,1-10H3. The zero-order valence-corrected chi connectivity index (χ0v) is 49.9. The lowest BCUT2D eigenvalue weighted by Crippen LogP contribution is -2.69. The molecule has 0 bridgehead atoms. The van der Waals surface area contributed by atoms with Gasteiger partial charge in [0.25, 0.3) is 0 Å². The van der Waals surface area contributed by atoms with Crippen molar-refractivity contribution in [1.82, 2.24) is 4.83 Å². The first-order valence-corrected chi connectivity index (χ1v) is 30.2. The summed E-state index contributed by atoms with van der Waals surface area (Å²) in [6.07, 6.45) is 0. The van der Waals surface area contributed by atoms with Crippen molar-refractivity contribution >= 4 is 64.0 Å². The van der Waals surface area contributed by atoms with Gasteiger partial charge >= 0.3 is 13.7 Å². The van der Waals surface area contributed by atoms with Gasteiger partial charge in [0.15, 0.2) is 0 Å². The fourth-order valence-corrected chi connectivity index (χ4v) is 15.9. The summed E-state index contributed by atoms with van der Waals surface area (Å²) in [4.78, 5) is 5.56. The van der Waals surface area contributed by atoms with Crippen LogP contribution < -0.4 is 31.8 Å². The third kappa shape index (κ3) is 7.00. The van der Waals surface area contributed by atoms with Gasteiger partial charge in [-0.15, -0.1) is 0 Å². The summed E-state index contributed by atoms with van der Waals surface area (Å²) < 4.78 is 0. The molecule has 0 radical (unpaired) electrons. The van der Waals surface area contributed by atoms with E-state index >= 15 is 0 Å². The molecule has 3 nitrogen and oxygen atoms in total. The molecule has 0 saturated heterocycles. The van der Waals surface area contributed by atoms with E-state index in [0.717, 1.165) is 0 Å². The molecule has 404 valence electrons. The highest BCUT2D eigenvalue weighted by molar-refractivity contribution is 7.02. The van der Waals surface area contributed by atoms with Crippen LogP contribution >= 0.6 is 0 Å². The van der Waals surface area contributed by atoms with Crippen molar-refractivity contribution < 1.29 is 0 Å². The summed E-state index contributed by atoms with van der Waals surface area (Å²) in [6, 6.07) is 86.9. The van der Waals surface area contributed by atoms with Crippen LogP contribution in [0.2, 0.25) is 0 Å². The van der Waals surface area contributed by atoms with Gasteiger partial charge in [-0.1, -0.05) is 241 Å². The molecule has 0 unspecified atom stereocenters. The van der Waals surface area contributed by atoms with Gasteiger partial charge in [0.1, 0.15) is 0 Å². The van der Waals surface area contributed by atoms with E-state index in [1.54, 1.807) is 0 Å². The number of anilines is 5. The lowest BCUT2D eigenvalue weighted by Gasteiger charge is -2.44. The molecular weight excluding hydrogens is 1010 g/mol. The van der Waals surface area contributed by atoms with Crippen LogP contribution in [0.3, 0.4) is 0 Å². The molecule has 5 heteroatoms. The summed E-state index contributed by atoms with van der Waals surface area (Å²) in [7, 11) is 0. The topological polar surface area (TPSA) is 9.72 Å². The van der Waals surface area contributed by atoms with Gasteiger partial charge in [-0.2, -0.15) is 0 Å². The first-order valence-electron chi connectivity index (χ1n) is 30.2. The van der Waals surface area contributed by atoms with Crippen molar-refractivity contribution in [2.24, 2.45) is 0 Å². The Hall–Kier alpha value is -8.89. The molecule has 1 spiro atoms. The molecular formula is C79H67B2N3. The van der Waals surface area contributed by atoms with Gasteiger partial charge in [-0.25, -0.2) is 0 Å². The predicted molar refractivity (Wildman–Crippen MR) is 357 cm³/mol. The quantitative estimate of drug-likeness (QED) is 0.159. The number of hydrogen-bond donors (Lipinski definition) is 0. The van der Waals surface area contributed by atoms with Crippen LogP contribution in [0.4, 0.5) is 28.4 Å². The Balaban J connectivity index is 1.07. The highest BCUT2D eigenvalue weighted by Gasteiger charge is 2.63. The van der Waals surface area contributed by atoms with Crippen LogP contribution in [0.15, 0.2) is 224 Å². The second kappa shape index (κ2) is 18.1. The van der Waals surface area contributed by atoms with E-state index in [1.165, 1.54) is 162 Å². The van der Waals surface area contributed by atoms with Crippen LogP contribution in [0.5, 0.6) is 0 Å². The van der Waals surface area contributed by atoms with Crippen LogP contribution in [0.25, 0.3) is 55.6 Å². The second-order valence-electron chi connectivity index (χ2n) is 26.6. The number of aryl methyl sites for hydroxylation is 4. The molecule has 1 aliphatic carbocycles. The average Bonchev–Trinajstić information content (AvgIpc) is 1.47. The van der Waals surface area contributed by atoms with Crippen LogP contribution in [0.1, 0.15) is 97.2 Å². The molecule has 11 aromatic rings. The first-order chi connectivity index (χ1) is 40.6. The molecule has 84 heavy (non-hydrogen) atoms. The van der Waals surface area contributed by atoms with Crippen molar-refractivity contribution in [3.63, 3.8) is 0 Å². The zero-order chi connectivity index (χ0) is 57.3. The van der Waals surface area contributed by atoms with Crippen LogP contribution in [0, 0.1) is 27.7 Å². The predicted octanol–water partition coefficient (Wildman–Crippen LogP) is 17.2. The Kier molecular flexibility index (Phi) is 10.9. The lowest BCUT2D eigenvalue weighted by atomic mass is 9.34. The smallest absolute Gasteiger partial charge is 0.307 e. The van der Waals surface area contributed by atoms with E-state index in [-0.39, 0.29) is 24.5 Å². The summed E-state index contributed by atoms with van der Waals surface area (Å²) in [5.41, 5.74) is 36.3. The summed E-state index contributed by atoms with van der Waals surface area (Å²) in [6.45, 7) is 23.2. The van der Waals surface area contributed by atoms with Crippen LogP contribution in [-0.2, 0) is 16.2 Å². The molecule has 5 aliphatic rings. The molecule has 0 amide bonds. The molecule has 4 aliphatic heterocycles. The SMILES string of the molecule is Cc1cccc(C)c1-c1ccc2c(c1)C1(c3ccccc3-c3ccccc31)c1cc(-c3c(C)cccc3C)cc3c1B2N1B2c4ccc(C(C)(C)C)cc4N(c4c(-c5ccccc5)cccc4-c4ccccc4)c4cc(C(C)(C)C)cc(c42)N31. The highest BCUT2D eigenvalue weighted by atomic mass is 15.6. The number of nitrogens with zero attached hydrogens (tertiary/aromatic N) is 3. The monoisotopic (exact) mass is 1080 g/mol. The van der Waals surface area contributed by atoms with Gasteiger partial charge in [0, 0.05) is 22.5 Å². The average molecular weight is 1080 g/mol. The van der Waals surface area contributed by atoms with E-state index in [9.17, 15) is 0 Å². The molecule has 0 saturated carbocycles. The van der Waals surface area contributed by atoms with E-state index in [2.05, 4.69) is 308 Å². The Morgan fingerprint density at radius 1 is 0.333 bits per heavy atom. The van der Waals surface area contributed by atoms with Crippen LogP contribution in [-0.4, -0.2) is 18.5 Å². The highest BCUT2D eigenvalue weighted by Crippen LogP contribution is 2.60. The maximum absolute atomic E-state index is 2.86. The number of para-hydroxylation sites is 1. The van der Waals surface area contributed by atoms with Crippen molar-refractivity contribution in [2.75, 3.05) is 9.91 Å². The maximum atomic E-state index is 2.86. The lowest BCUT2D eigenvalue weighted by molar-refractivity contribution is 0.590. The van der Waals surface area contributed by atoms with E-state index in [0.29, 0.717) is 0 Å². The van der Waals surface area contributed by atoms with Gasteiger partial charge in [-0.3, -0.25) is 9.84 Å². The zero-order valence-electron chi connectivity index (χ0n) is 49.9. The Morgan fingerprint density at radius 3 is 1.38 bits per heavy atom. The van der Waals surface area contributed by atoms with Gasteiger partial charge in [0.05, 0.1) is 22.5 Å². The normalized spacial score (nSPS) is 14.7. The molecule has 0 atom stereocenters. The maximum Gasteiger partial charge on any atom is 0.307 e. The minimum atomic E-state index is -0.637. The Bertz CT molecular complexity index is 4460. The number of fused-ring (bicyclic) bond motifs is 16. The fraction of sp³-hybridized carbons (Fsp3) is 0.165. The Labute approximate surface area is 497 Å². The molecule has 11 aromatic carbocycles. The number of hydrogen-bond acceptors (Lipinski definition) is 3. The molecule has 4 heterocycles. The molecule has 0 N–H and O–H groups in total. The van der Waals surface area contributed by atoms with E-state index in [1.807, 2.05) is 0 Å². The van der Waals surface area contributed by atoms with Gasteiger partial charge < -0.3 is 4.90 Å². The van der Waals surface area contributed by atoms with Gasteiger partial charge in [0.2, 0.25) is 0 Å². The van der Waals surface area contributed by atoms with Crippen molar-refractivity contribution in [3.8, 4) is 55.6 Å². The second-order valence-corrected chi connectivity index (χ2v) is 26.6. The Morgan fingerprint density at radius 2 is 0.798 bits per heavy atom. The molecule has 0 fully saturated rings. The largest absolute Gasteiger partial charge is 0.310 e. The minimum absolute atomic E-state index is 0.122. The third-order valence-electron chi connectivity index (χ3n) is 19.7. The van der Waals surface area contributed by atoms with E-state index < -0.39 is 5.41 Å². The third-order valence-corrected chi connectivity index (χ3v) is 19.7. The summed E-state index contributed by atoms with van der Waals surface area (Å²) in [5.74, 6) is 0. The first kappa shape index (κ1) is 50.8. The van der Waals surface area contributed by atoms with Crippen molar-refractivity contribution in [3.05, 3.63) is 280 Å². The van der Waals surface area contributed by atoms with E-state index in [4.69, 9.17) is 0 Å². The van der Waals surface area contributed by atoms with Gasteiger partial charge in [-0.05, 0) is 185 Å². The molecule has 16 rings (SSSR count). The summed E-state index contributed by atoms with van der Waals surface area (Å²) >= 11 is 0. The molecule has 0 aromatic heterocycles. The fourth-order valence-electron chi connectivity index (χ4n) is 15.9. The number of rotatable bonds is 5.